The number of carbonyl (C=O) groups is 1. The highest BCUT2D eigenvalue weighted by molar-refractivity contribution is 6.36. The number of fused-ring (bicyclic) bond motifs is 2. The van der Waals surface area contributed by atoms with E-state index in [-0.39, 0.29) is 11.5 Å². The largest absolute Gasteiger partial charge is 0.506 e. The number of aliphatic hydroxyl groups excluding tert-OH is 1. The minimum atomic E-state index is -0.124. The number of carbonyl (C=O) groups excluding carboxylic acids is 1. The Bertz CT molecular complexity index is 831. The monoisotopic (exact) mass is 275 g/mol. The van der Waals surface area contributed by atoms with Crippen molar-refractivity contribution in [3.05, 3.63) is 70.8 Å². The molecule has 4 rings (SSSR count). The van der Waals surface area contributed by atoms with Gasteiger partial charge in [-0.2, -0.15) is 0 Å². The quantitative estimate of drug-likeness (QED) is 0.858. The topological polar surface area (TPSA) is 49.7 Å². The molecule has 2 aliphatic rings. The van der Waals surface area contributed by atoms with Gasteiger partial charge in [-0.25, -0.2) is 0 Å². The van der Waals surface area contributed by atoms with Crippen LogP contribution in [0.25, 0.3) is 5.76 Å². The fourth-order valence-electron chi connectivity index (χ4n) is 3.00. The Morgan fingerprint density at radius 1 is 0.905 bits per heavy atom. The van der Waals surface area contributed by atoms with E-state index in [0.29, 0.717) is 28.8 Å². The van der Waals surface area contributed by atoms with E-state index < -0.39 is 0 Å². The molecule has 102 valence electrons. The minimum Gasteiger partial charge on any atom is -0.506 e. The van der Waals surface area contributed by atoms with Crippen molar-refractivity contribution < 1.29 is 9.90 Å². The molecule has 0 radical (unpaired) electrons. The number of benzene rings is 2. The predicted molar refractivity (Wildman–Crippen MR) is 82.2 cm³/mol. The molecule has 0 spiro atoms. The van der Waals surface area contributed by atoms with Gasteiger partial charge < -0.3 is 5.11 Å². The molecule has 0 aromatic heterocycles. The lowest BCUT2D eigenvalue weighted by molar-refractivity contribution is 0.104. The standard InChI is InChI=1S/C18H13NO2/c20-17-12-6-2-3-7-13(12)18(21)16(17)15-10-9-11-5-1-4-8-14(11)19-15/h1-8,20H,9-10H2. The van der Waals surface area contributed by atoms with Gasteiger partial charge >= 0.3 is 0 Å². The van der Waals surface area contributed by atoms with Gasteiger partial charge in [0.1, 0.15) is 5.76 Å². The Kier molecular flexibility index (Phi) is 2.54. The van der Waals surface area contributed by atoms with Crippen LogP contribution >= 0.6 is 0 Å². The highest BCUT2D eigenvalue weighted by Gasteiger charge is 2.33. The normalized spacial score (nSPS) is 16.6. The maximum absolute atomic E-state index is 12.5. The third kappa shape index (κ3) is 1.74. The van der Waals surface area contributed by atoms with Crippen molar-refractivity contribution in [2.24, 2.45) is 4.99 Å². The second-order valence-corrected chi connectivity index (χ2v) is 5.29. The van der Waals surface area contributed by atoms with E-state index in [1.165, 1.54) is 5.56 Å². The number of hydrogen-bond acceptors (Lipinski definition) is 3. The van der Waals surface area contributed by atoms with Crippen LogP contribution in [0.3, 0.4) is 0 Å². The molecule has 2 aromatic rings. The van der Waals surface area contributed by atoms with Crippen molar-refractivity contribution >= 4 is 22.9 Å². The van der Waals surface area contributed by atoms with Crippen LogP contribution < -0.4 is 0 Å². The zero-order valence-corrected chi connectivity index (χ0v) is 11.3. The molecule has 0 fully saturated rings. The molecule has 3 heteroatoms. The number of aryl methyl sites for hydroxylation is 1. The second-order valence-electron chi connectivity index (χ2n) is 5.29. The molecule has 21 heavy (non-hydrogen) atoms. The van der Waals surface area contributed by atoms with Crippen molar-refractivity contribution in [2.45, 2.75) is 12.8 Å². The van der Waals surface area contributed by atoms with Crippen LogP contribution in [0.2, 0.25) is 0 Å². The molecule has 0 atom stereocenters. The van der Waals surface area contributed by atoms with Crippen molar-refractivity contribution in [1.82, 2.24) is 0 Å². The van der Waals surface area contributed by atoms with Crippen molar-refractivity contribution in [3.8, 4) is 0 Å². The summed E-state index contributed by atoms with van der Waals surface area (Å²) in [5.74, 6) is -0.0602. The number of hydrogen-bond donors (Lipinski definition) is 1. The molecule has 1 heterocycles. The van der Waals surface area contributed by atoms with Gasteiger partial charge in [-0.05, 0) is 24.5 Å². The lowest BCUT2D eigenvalue weighted by atomic mass is 9.95. The van der Waals surface area contributed by atoms with E-state index in [2.05, 4.69) is 11.1 Å². The van der Waals surface area contributed by atoms with Gasteiger partial charge in [-0.3, -0.25) is 9.79 Å². The number of aliphatic hydroxyl groups is 1. The molecule has 2 aromatic carbocycles. The highest BCUT2D eigenvalue weighted by Crippen LogP contribution is 2.35. The summed E-state index contributed by atoms with van der Waals surface area (Å²) in [4.78, 5) is 17.1. The number of para-hydroxylation sites is 1. The summed E-state index contributed by atoms with van der Waals surface area (Å²) in [7, 11) is 0. The van der Waals surface area contributed by atoms with Gasteiger partial charge in [-0.15, -0.1) is 0 Å². The van der Waals surface area contributed by atoms with Crippen LogP contribution in [0.1, 0.15) is 27.9 Å². The molecule has 0 saturated carbocycles. The maximum Gasteiger partial charge on any atom is 0.199 e. The van der Waals surface area contributed by atoms with Crippen molar-refractivity contribution in [2.75, 3.05) is 0 Å². The van der Waals surface area contributed by atoms with E-state index in [9.17, 15) is 9.90 Å². The third-order valence-corrected chi connectivity index (χ3v) is 4.06. The van der Waals surface area contributed by atoms with Gasteiger partial charge in [0.05, 0.1) is 17.0 Å². The first-order chi connectivity index (χ1) is 10.3. The van der Waals surface area contributed by atoms with Crippen LogP contribution in [-0.4, -0.2) is 16.6 Å². The average molecular weight is 275 g/mol. The molecule has 1 N–H and O–H groups in total. The van der Waals surface area contributed by atoms with Gasteiger partial charge in [0.2, 0.25) is 0 Å². The molecule has 0 unspecified atom stereocenters. The molecule has 0 bridgehead atoms. The minimum absolute atomic E-state index is 0.0636. The number of aliphatic imine (C=N–C) groups is 1. The zero-order chi connectivity index (χ0) is 14.4. The Balaban J connectivity index is 1.85. The summed E-state index contributed by atoms with van der Waals surface area (Å²) >= 11 is 0. The van der Waals surface area contributed by atoms with E-state index in [4.69, 9.17) is 0 Å². The van der Waals surface area contributed by atoms with Crippen LogP contribution in [0, 0.1) is 0 Å². The number of nitrogens with zero attached hydrogens (tertiary/aromatic N) is 1. The zero-order valence-electron chi connectivity index (χ0n) is 11.3. The first-order valence-corrected chi connectivity index (χ1v) is 6.99. The highest BCUT2D eigenvalue weighted by atomic mass is 16.3. The van der Waals surface area contributed by atoms with E-state index >= 15 is 0 Å². The summed E-state index contributed by atoms with van der Waals surface area (Å²) in [6.07, 6.45) is 1.52. The average Bonchev–Trinajstić information content (AvgIpc) is 2.79. The SMILES string of the molecule is O=C1C(C2=Nc3ccccc3CC2)=C(O)c2ccccc21. The summed E-state index contributed by atoms with van der Waals surface area (Å²) in [5, 5.41) is 10.4. The van der Waals surface area contributed by atoms with Crippen LogP contribution in [-0.2, 0) is 6.42 Å². The van der Waals surface area contributed by atoms with Gasteiger partial charge in [0, 0.05) is 11.1 Å². The number of Topliss-reactive ketones (excluding diaryl/α,β-unsaturated/α-hetero) is 1. The van der Waals surface area contributed by atoms with E-state index in [1.54, 1.807) is 12.1 Å². The molecule has 1 aliphatic heterocycles. The lowest BCUT2D eigenvalue weighted by Crippen LogP contribution is -2.14. The van der Waals surface area contributed by atoms with E-state index in [0.717, 1.165) is 12.1 Å². The summed E-state index contributed by atoms with van der Waals surface area (Å²) in [6.45, 7) is 0. The predicted octanol–water partition coefficient (Wildman–Crippen LogP) is 3.87. The van der Waals surface area contributed by atoms with Crippen LogP contribution in [0.15, 0.2) is 59.1 Å². The Labute approximate surface area is 122 Å². The molecular formula is C18H13NO2. The van der Waals surface area contributed by atoms with Gasteiger partial charge in [0.15, 0.2) is 5.78 Å². The second kappa shape index (κ2) is 4.42. The smallest absolute Gasteiger partial charge is 0.199 e. The number of ketones is 1. The van der Waals surface area contributed by atoms with Crippen molar-refractivity contribution in [1.29, 1.82) is 0 Å². The Morgan fingerprint density at radius 2 is 1.62 bits per heavy atom. The maximum atomic E-state index is 12.5. The molecular weight excluding hydrogens is 262 g/mol. The van der Waals surface area contributed by atoms with E-state index in [1.807, 2.05) is 30.3 Å². The number of rotatable bonds is 1. The number of allylic oxidation sites excluding steroid dienone is 1. The molecule has 0 amide bonds. The summed E-state index contributed by atoms with van der Waals surface area (Å²) < 4.78 is 0. The first-order valence-electron chi connectivity index (χ1n) is 6.99. The fraction of sp³-hybridized carbons (Fsp3) is 0.111. The fourth-order valence-corrected chi connectivity index (χ4v) is 3.00. The molecule has 1 aliphatic carbocycles. The molecule has 0 saturated heterocycles. The van der Waals surface area contributed by atoms with Crippen LogP contribution in [0.4, 0.5) is 5.69 Å². The Morgan fingerprint density at radius 3 is 2.43 bits per heavy atom. The Hall–Kier alpha value is -2.68. The first kappa shape index (κ1) is 12.1. The molecule has 3 nitrogen and oxygen atoms in total. The van der Waals surface area contributed by atoms with Gasteiger partial charge in [0.25, 0.3) is 0 Å². The lowest BCUT2D eigenvalue weighted by Gasteiger charge is -2.15. The van der Waals surface area contributed by atoms with Gasteiger partial charge in [-0.1, -0.05) is 42.5 Å². The van der Waals surface area contributed by atoms with Crippen LogP contribution in [0.5, 0.6) is 0 Å². The third-order valence-electron chi connectivity index (χ3n) is 4.06. The summed E-state index contributed by atoms with van der Waals surface area (Å²) in [6, 6.07) is 15.1. The van der Waals surface area contributed by atoms with Crippen molar-refractivity contribution in [3.63, 3.8) is 0 Å². The summed E-state index contributed by atoms with van der Waals surface area (Å²) in [5.41, 5.74) is 4.30.